The van der Waals surface area contributed by atoms with Crippen molar-refractivity contribution in [1.29, 1.82) is 0 Å². The third-order valence-corrected chi connectivity index (χ3v) is 4.23. The molecule has 0 aliphatic rings. The number of carbonyl (C=O) groups is 2. The fourth-order valence-corrected chi connectivity index (χ4v) is 2.60. The Labute approximate surface area is 144 Å². The van der Waals surface area contributed by atoms with Crippen molar-refractivity contribution >= 4 is 23.7 Å². The van der Waals surface area contributed by atoms with Crippen LogP contribution in [0.2, 0.25) is 0 Å². The Kier molecular flexibility index (Phi) is 5.28. The van der Waals surface area contributed by atoms with Gasteiger partial charge in [0.15, 0.2) is 0 Å². The minimum Gasteiger partial charge on any atom is -0.411 e. The summed E-state index contributed by atoms with van der Waals surface area (Å²) in [5.41, 5.74) is 6.99. The van der Waals surface area contributed by atoms with Crippen LogP contribution >= 0.6 is 11.8 Å². The van der Waals surface area contributed by atoms with E-state index in [9.17, 15) is 9.59 Å². The van der Waals surface area contributed by atoms with Gasteiger partial charge in [0.1, 0.15) is 0 Å². The highest BCUT2D eigenvalue weighted by molar-refractivity contribution is 8.00. The predicted molar refractivity (Wildman–Crippen MR) is 91.5 cm³/mol. The van der Waals surface area contributed by atoms with E-state index >= 15 is 0 Å². The van der Waals surface area contributed by atoms with Crippen molar-refractivity contribution in [3.63, 3.8) is 0 Å². The van der Waals surface area contributed by atoms with E-state index in [2.05, 4.69) is 31.0 Å². The zero-order valence-corrected chi connectivity index (χ0v) is 14.8. The fraction of sp³-hybridized carbons (Fsp3) is 0.375. The zero-order valence-electron chi connectivity index (χ0n) is 14.0. The highest BCUT2D eigenvalue weighted by Crippen LogP contribution is 2.28. The number of aromatic nitrogens is 2. The van der Waals surface area contributed by atoms with Gasteiger partial charge in [0.05, 0.1) is 5.25 Å². The van der Waals surface area contributed by atoms with Gasteiger partial charge in [-0.1, -0.05) is 44.7 Å². The normalized spacial score (nSPS) is 12.7. The molecule has 0 saturated carbocycles. The average molecular weight is 348 g/mol. The molecule has 0 unspecified atom stereocenters. The van der Waals surface area contributed by atoms with E-state index in [0.717, 1.165) is 17.3 Å². The first-order valence-corrected chi connectivity index (χ1v) is 8.26. The van der Waals surface area contributed by atoms with E-state index < -0.39 is 17.2 Å². The lowest BCUT2D eigenvalue weighted by atomic mass is 9.87. The Hall–Kier alpha value is -2.35. The monoisotopic (exact) mass is 348 g/mol. The predicted octanol–water partition coefficient (Wildman–Crippen LogP) is 2.71. The molecule has 0 bridgehead atoms. The van der Waals surface area contributed by atoms with Crippen molar-refractivity contribution in [3.05, 3.63) is 29.8 Å². The molecule has 0 saturated heterocycles. The van der Waals surface area contributed by atoms with Gasteiger partial charge in [-0.2, -0.15) is 0 Å². The van der Waals surface area contributed by atoms with Crippen LogP contribution in [0.4, 0.5) is 4.79 Å². The molecule has 3 N–H and O–H groups in total. The first-order chi connectivity index (χ1) is 11.2. The van der Waals surface area contributed by atoms with Crippen LogP contribution in [-0.2, 0) is 10.2 Å². The molecule has 1 aromatic heterocycles. The topological polar surface area (TPSA) is 111 Å². The van der Waals surface area contributed by atoms with Crippen molar-refractivity contribution in [2.24, 2.45) is 5.73 Å². The molecule has 1 aromatic carbocycles. The molecule has 2 aromatic rings. The summed E-state index contributed by atoms with van der Waals surface area (Å²) < 4.78 is 5.57. The molecule has 3 amide bonds. The Morgan fingerprint density at radius 2 is 1.83 bits per heavy atom. The molecule has 2 rings (SSSR count). The second-order valence-electron chi connectivity index (χ2n) is 6.31. The van der Waals surface area contributed by atoms with Crippen molar-refractivity contribution in [2.75, 3.05) is 0 Å². The molecule has 1 atom stereocenters. The van der Waals surface area contributed by atoms with E-state index in [0.29, 0.717) is 5.89 Å². The number of imide groups is 1. The number of primary amides is 1. The van der Waals surface area contributed by atoms with Crippen molar-refractivity contribution in [3.8, 4) is 11.5 Å². The van der Waals surface area contributed by atoms with Crippen LogP contribution in [0.3, 0.4) is 0 Å². The number of nitrogens with two attached hydrogens (primary N) is 1. The van der Waals surface area contributed by atoms with Crippen molar-refractivity contribution in [2.45, 2.75) is 43.6 Å². The van der Waals surface area contributed by atoms with Crippen LogP contribution in [0.1, 0.15) is 33.3 Å². The zero-order chi connectivity index (χ0) is 17.9. The molecule has 1 heterocycles. The molecular formula is C16H20N4O3S. The third-order valence-electron chi connectivity index (χ3n) is 3.30. The molecule has 0 radical (unpaired) electrons. The Morgan fingerprint density at radius 1 is 1.21 bits per heavy atom. The average Bonchev–Trinajstić information content (AvgIpc) is 2.94. The number of amides is 3. The second-order valence-corrected chi connectivity index (χ2v) is 7.61. The van der Waals surface area contributed by atoms with E-state index in [1.165, 1.54) is 5.56 Å². The van der Waals surface area contributed by atoms with Gasteiger partial charge in [-0.05, 0) is 30.0 Å². The third kappa shape index (κ3) is 4.58. The Balaban J connectivity index is 2.08. The molecule has 24 heavy (non-hydrogen) atoms. The van der Waals surface area contributed by atoms with Crippen LogP contribution < -0.4 is 11.1 Å². The number of rotatable bonds is 4. The quantitative estimate of drug-likeness (QED) is 0.822. The number of hydrogen-bond donors (Lipinski definition) is 2. The van der Waals surface area contributed by atoms with Crippen molar-refractivity contribution in [1.82, 2.24) is 15.5 Å². The highest BCUT2D eigenvalue weighted by atomic mass is 32.2. The molecule has 8 heteroatoms. The molecule has 128 valence electrons. The summed E-state index contributed by atoms with van der Waals surface area (Å²) in [5, 5.41) is 9.58. The minimum absolute atomic E-state index is 0.0671. The molecule has 0 fully saturated rings. The standard InChI is InChI=1S/C16H20N4O3S/c1-9(12(21)18-14(17)22)24-15-20-19-13(23-15)10-5-7-11(8-6-10)16(2,3)4/h5-9H,1-4H3,(H3,17,18,21,22)/t9-/m1/s1. The number of nitrogens with zero attached hydrogens (tertiary/aromatic N) is 2. The van der Waals surface area contributed by atoms with Gasteiger partial charge in [0.2, 0.25) is 11.8 Å². The van der Waals surface area contributed by atoms with Gasteiger partial charge in [-0.25, -0.2) is 4.79 Å². The lowest BCUT2D eigenvalue weighted by Gasteiger charge is -2.18. The fourth-order valence-electron chi connectivity index (χ4n) is 1.91. The van der Waals surface area contributed by atoms with Gasteiger partial charge < -0.3 is 10.2 Å². The summed E-state index contributed by atoms with van der Waals surface area (Å²) in [6, 6.07) is 7.00. The first-order valence-electron chi connectivity index (χ1n) is 7.38. The number of hydrogen-bond acceptors (Lipinski definition) is 6. The van der Waals surface area contributed by atoms with Gasteiger partial charge >= 0.3 is 6.03 Å². The summed E-state index contributed by atoms with van der Waals surface area (Å²) in [6.45, 7) is 8.04. The van der Waals surface area contributed by atoms with E-state index in [4.69, 9.17) is 10.2 Å². The van der Waals surface area contributed by atoms with E-state index in [1.807, 2.05) is 29.6 Å². The number of nitrogens with one attached hydrogen (secondary N) is 1. The van der Waals surface area contributed by atoms with Crippen LogP contribution in [0.25, 0.3) is 11.5 Å². The van der Waals surface area contributed by atoms with Crippen LogP contribution in [0.5, 0.6) is 0 Å². The molecular weight excluding hydrogens is 328 g/mol. The van der Waals surface area contributed by atoms with Crippen molar-refractivity contribution < 1.29 is 14.0 Å². The SMILES string of the molecule is C[C@@H](Sc1nnc(-c2ccc(C(C)(C)C)cc2)o1)C(=O)NC(N)=O. The lowest BCUT2D eigenvalue weighted by Crippen LogP contribution is -2.39. The number of urea groups is 1. The Morgan fingerprint density at radius 3 is 2.38 bits per heavy atom. The lowest BCUT2D eigenvalue weighted by molar-refractivity contribution is -0.119. The highest BCUT2D eigenvalue weighted by Gasteiger charge is 2.20. The molecule has 0 aliphatic heterocycles. The number of thioether (sulfide) groups is 1. The van der Waals surface area contributed by atoms with E-state index in [1.54, 1.807) is 6.92 Å². The first kappa shape index (κ1) is 18.0. The molecule has 0 spiro atoms. The maximum absolute atomic E-state index is 11.6. The minimum atomic E-state index is -0.891. The second kappa shape index (κ2) is 7.04. The number of carbonyl (C=O) groups excluding carboxylic acids is 2. The van der Waals surface area contributed by atoms with Crippen LogP contribution in [-0.4, -0.2) is 27.4 Å². The van der Waals surface area contributed by atoms with Crippen LogP contribution in [0, 0.1) is 0 Å². The van der Waals surface area contributed by atoms with Gasteiger partial charge in [0.25, 0.3) is 5.22 Å². The summed E-state index contributed by atoms with van der Waals surface area (Å²) >= 11 is 1.06. The van der Waals surface area contributed by atoms with Gasteiger partial charge in [-0.3, -0.25) is 10.1 Å². The van der Waals surface area contributed by atoms with E-state index in [-0.39, 0.29) is 10.6 Å². The summed E-state index contributed by atoms with van der Waals surface area (Å²) in [7, 11) is 0. The maximum atomic E-state index is 11.6. The largest absolute Gasteiger partial charge is 0.411 e. The summed E-state index contributed by atoms with van der Waals surface area (Å²) in [4.78, 5) is 22.3. The maximum Gasteiger partial charge on any atom is 0.318 e. The number of benzene rings is 1. The van der Waals surface area contributed by atoms with Gasteiger partial charge in [0, 0.05) is 5.56 Å². The summed E-state index contributed by atoms with van der Waals surface area (Å²) in [6.07, 6.45) is 0. The van der Waals surface area contributed by atoms with Crippen LogP contribution in [0.15, 0.2) is 33.9 Å². The molecule has 7 nitrogen and oxygen atoms in total. The van der Waals surface area contributed by atoms with Gasteiger partial charge in [-0.15, -0.1) is 10.2 Å². The smallest absolute Gasteiger partial charge is 0.318 e. The Bertz CT molecular complexity index is 735. The molecule has 0 aliphatic carbocycles. The summed E-state index contributed by atoms with van der Waals surface area (Å²) in [5.74, 6) is -0.137.